The van der Waals surface area contributed by atoms with Crippen molar-refractivity contribution in [1.29, 1.82) is 0 Å². The molecule has 5 nitrogen and oxygen atoms in total. The molecule has 1 amide bonds. The average Bonchev–Trinajstić information content (AvgIpc) is 2.99. The van der Waals surface area contributed by atoms with Crippen molar-refractivity contribution in [3.8, 4) is 0 Å². The average molecular weight is 370 g/mol. The predicted molar refractivity (Wildman–Crippen MR) is 88.9 cm³/mol. The molecule has 9 heteroatoms. The number of anilines is 1. The highest BCUT2D eigenvalue weighted by molar-refractivity contribution is 7.13. The van der Waals surface area contributed by atoms with Crippen molar-refractivity contribution in [2.45, 2.75) is 20.0 Å². The van der Waals surface area contributed by atoms with Gasteiger partial charge in [-0.3, -0.25) is 4.79 Å². The van der Waals surface area contributed by atoms with E-state index in [4.69, 9.17) is 0 Å². The summed E-state index contributed by atoms with van der Waals surface area (Å²) in [4.78, 5) is 25.2. The first kappa shape index (κ1) is 17.7. The summed E-state index contributed by atoms with van der Waals surface area (Å²) in [6.07, 6.45) is -4.50. The van der Waals surface area contributed by atoms with E-state index >= 15 is 0 Å². The van der Waals surface area contributed by atoms with Crippen LogP contribution in [0.25, 0.3) is 0 Å². The van der Waals surface area contributed by atoms with Crippen molar-refractivity contribution >= 4 is 23.1 Å². The molecule has 0 N–H and O–H groups in total. The first-order valence-electron chi connectivity index (χ1n) is 7.77. The third kappa shape index (κ3) is 3.92. The van der Waals surface area contributed by atoms with Crippen LogP contribution in [0.2, 0.25) is 0 Å². The molecule has 1 aliphatic heterocycles. The van der Waals surface area contributed by atoms with Crippen LogP contribution in [-0.2, 0) is 6.18 Å². The molecule has 25 heavy (non-hydrogen) atoms. The summed E-state index contributed by atoms with van der Waals surface area (Å²) in [5.41, 5.74) is -0.942. The molecule has 1 fully saturated rings. The van der Waals surface area contributed by atoms with Gasteiger partial charge in [0.05, 0.1) is 4.88 Å². The van der Waals surface area contributed by atoms with Gasteiger partial charge in [0.1, 0.15) is 17.3 Å². The molecule has 0 bridgehead atoms. The Morgan fingerprint density at radius 2 is 1.80 bits per heavy atom. The van der Waals surface area contributed by atoms with Gasteiger partial charge < -0.3 is 9.80 Å². The smallest absolute Gasteiger partial charge is 0.353 e. The van der Waals surface area contributed by atoms with Gasteiger partial charge in [0.25, 0.3) is 5.91 Å². The van der Waals surface area contributed by atoms with Crippen LogP contribution in [0.5, 0.6) is 0 Å². The lowest BCUT2D eigenvalue weighted by Gasteiger charge is -2.35. The molecule has 0 aromatic carbocycles. The number of thiophene rings is 1. The molecule has 2 aromatic rings. The molecular weight excluding hydrogens is 353 g/mol. The van der Waals surface area contributed by atoms with Gasteiger partial charge in [-0.05, 0) is 26.0 Å². The molecule has 1 aliphatic rings. The number of carbonyl (C=O) groups excluding carboxylic acids is 1. The van der Waals surface area contributed by atoms with Crippen LogP contribution in [0, 0.1) is 13.8 Å². The van der Waals surface area contributed by atoms with E-state index in [1.54, 1.807) is 15.9 Å². The van der Waals surface area contributed by atoms with Crippen LogP contribution >= 0.6 is 11.3 Å². The number of aromatic nitrogens is 2. The molecule has 0 unspecified atom stereocenters. The molecule has 1 saturated heterocycles. The van der Waals surface area contributed by atoms with Crippen molar-refractivity contribution in [1.82, 2.24) is 14.9 Å². The first-order valence-corrected chi connectivity index (χ1v) is 8.59. The predicted octanol–water partition coefficient (Wildman–Crippen LogP) is 3.14. The van der Waals surface area contributed by atoms with Crippen molar-refractivity contribution in [2.75, 3.05) is 31.1 Å². The fraction of sp³-hybridized carbons (Fsp3) is 0.438. The van der Waals surface area contributed by atoms with Crippen molar-refractivity contribution in [3.63, 3.8) is 0 Å². The zero-order valence-corrected chi connectivity index (χ0v) is 14.6. The highest BCUT2D eigenvalue weighted by atomic mass is 32.1. The Hall–Kier alpha value is -2.16. The summed E-state index contributed by atoms with van der Waals surface area (Å²) in [6.45, 7) is 5.14. The Morgan fingerprint density at radius 3 is 2.36 bits per heavy atom. The summed E-state index contributed by atoms with van der Waals surface area (Å²) < 4.78 is 38.7. The van der Waals surface area contributed by atoms with E-state index in [2.05, 4.69) is 9.97 Å². The van der Waals surface area contributed by atoms with E-state index in [0.717, 1.165) is 10.9 Å². The molecule has 0 radical (unpaired) electrons. The Balaban J connectivity index is 1.70. The van der Waals surface area contributed by atoms with Crippen molar-refractivity contribution in [3.05, 3.63) is 39.5 Å². The van der Waals surface area contributed by atoms with Gasteiger partial charge in [0.2, 0.25) is 0 Å². The normalized spacial score (nSPS) is 15.6. The number of hydrogen-bond donors (Lipinski definition) is 0. The van der Waals surface area contributed by atoms with Gasteiger partial charge in [0, 0.05) is 37.1 Å². The summed E-state index contributed by atoms with van der Waals surface area (Å²) in [5, 5.41) is 0. The lowest BCUT2D eigenvalue weighted by molar-refractivity contribution is -0.141. The lowest BCUT2D eigenvalue weighted by Crippen LogP contribution is -2.49. The molecule has 3 heterocycles. The summed E-state index contributed by atoms with van der Waals surface area (Å²) in [7, 11) is 0. The second-order valence-electron chi connectivity index (χ2n) is 5.85. The number of halogens is 3. The molecular formula is C16H17F3N4OS. The minimum absolute atomic E-state index is 0.0346. The minimum atomic E-state index is -4.50. The molecule has 0 aliphatic carbocycles. The highest BCUT2D eigenvalue weighted by Crippen LogP contribution is 2.30. The minimum Gasteiger partial charge on any atom is -0.353 e. The Labute approximate surface area is 147 Å². The van der Waals surface area contributed by atoms with Crippen LogP contribution < -0.4 is 4.90 Å². The van der Waals surface area contributed by atoms with Gasteiger partial charge >= 0.3 is 6.18 Å². The second kappa shape index (κ2) is 6.62. The second-order valence-corrected chi connectivity index (χ2v) is 7.13. The van der Waals surface area contributed by atoms with E-state index < -0.39 is 11.9 Å². The van der Waals surface area contributed by atoms with E-state index in [1.165, 1.54) is 18.3 Å². The molecule has 2 aromatic heterocycles. The van der Waals surface area contributed by atoms with Gasteiger partial charge in [0.15, 0.2) is 0 Å². The van der Waals surface area contributed by atoms with Crippen molar-refractivity contribution in [2.24, 2.45) is 0 Å². The molecule has 0 spiro atoms. The Kier molecular flexibility index (Phi) is 4.68. The summed E-state index contributed by atoms with van der Waals surface area (Å²) in [6, 6.07) is 4.67. The zero-order chi connectivity index (χ0) is 18.2. The molecule has 3 rings (SSSR count). The van der Waals surface area contributed by atoms with Crippen molar-refractivity contribution < 1.29 is 18.0 Å². The fourth-order valence-corrected chi connectivity index (χ4v) is 3.54. The van der Waals surface area contributed by atoms with Crippen LogP contribution in [-0.4, -0.2) is 47.0 Å². The number of alkyl halides is 3. The van der Waals surface area contributed by atoms with Gasteiger partial charge in [-0.1, -0.05) is 0 Å². The van der Waals surface area contributed by atoms with E-state index in [0.29, 0.717) is 31.1 Å². The number of piperazine rings is 1. The van der Waals surface area contributed by atoms with Gasteiger partial charge in [-0.2, -0.15) is 13.2 Å². The van der Waals surface area contributed by atoms with E-state index in [-0.39, 0.29) is 17.5 Å². The monoisotopic (exact) mass is 370 g/mol. The maximum Gasteiger partial charge on any atom is 0.433 e. The van der Waals surface area contributed by atoms with Crippen LogP contribution in [0.15, 0.2) is 18.2 Å². The Bertz CT molecular complexity index is 782. The lowest BCUT2D eigenvalue weighted by atomic mass is 10.2. The first-order chi connectivity index (χ1) is 11.7. The standard InChI is InChI=1S/C16H17F3N4OS/c1-10-3-4-12(25-10)15(24)23-7-5-22(6-8-23)14-9-13(16(17,18)19)20-11(2)21-14/h3-4,9H,5-8H2,1-2H3. The zero-order valence-electron chi connectivity index (χ0n) is 13.8. The number of amides is 1. The third-order valence-electron chi connectivity index (χ3n) is 3.96. The quantitative estimate of drug-likeness (QED) is 0.815. The number of carbonyl (C=O) groups is 1. The van der Waals surface area contributed by atoms with Crippen LogP contribution in [0.3, 0.4) is 0 Å². The summed E-state index contributed by atoms with van der Waals surface area (Å²) >= 11 is 1.44. The molecule has 134 valence electrons. The number of hydrogen-bond acceptors (Lipinski definition) is 5. The largest absolute Gasteiger partial charge is 0.433 e. The highest BCUT2D eigenvalue weighted by Gasteiger charge is 2.34. The van der Waals surface area contributed by atoms with Crippen LogP contribution in [0.4, 0.5) is 19.0 Å². The number of rotatable bonds is 2. The maximum absolute atomic E-state index is 12.9. The molecule has 0 saturated carbocycles. The van der Waals surface area contributed by atoms with E-state index in [9.17, 15) is 18.0 Å². The van der Waals surface area contributed by atoms with Gasteiger partial charge in [-0.15, -0.1) is 11.3 Å². The SMILES string of the molecule is Cc1nc(N2CCN(C(=O)c3ccc(C)s3)CC2)cc(C(F)(F)F)n1. The maximum atomic E-state index is 12.9. The Morgan fingerprint density at radius 1 is 1.12 bits per heavy atom. The molecule has 0 atom stereocenters. The van der Waals surface area contributed by atoms with Gasteiger partial charge in [-0.25, -0.2) is 9.97 Å². The number of nitrogens with zero attached hydrogens (tertiary/aromatic N) is 4. The van der Waals surface area contributed by atoms with E-state index in [1.807, 2.05) is 13.0 Å². The summed E-state index contributed by atoms with van der Waals surface area (Å²) in [5.74, 6) is 0.295. The van der Waals surface area contributed by atoms with Crippen LogP contribution in [0.1, 0.15) is 26.1 Å². The topological polar surface area (TPSA) is 49.3 Å². The number of aryl methyl sites for hydroxylation is 2. The third-order valence-corrected chi connectivity index (χ3v) is 4.95. The fourth-order valence-electron chi connectivity index (χ4n) is 2.70.